The smallest absolute Gasteiger partial charge is 0.338 e. The van der Waals surface area contributed by atoms with Crippen LogP contribution in [0.4, 0.5) is 9.18 Å². The lowest BCUT2D eigenvalue weighted by Gasteiger charge is -2.38. The van der Waals surface area contributed by atoms with Crippen LogP contribution in [0.2, 0.25) is 5.02 Å². The lowest BCUT2D eigenvalue weighted by Crippen LogP contribution is -2.53. The van der Waals surface area contributed by atoms with E-state index in [4.69, 9.17) is 21.3 Å². The van der Waals surface area contributed by atoms with Crippen LogP contribution in [0.5, 0.6) is 0 Å². The number of hydrogen-bond donors (Lipinski definition) is 2. The number of benzene rings is 1. The molecule has 5 rings (SSSR count). The molecule has 230 valence electrons. The fourth-order valence-corrected chi connectivity index (χ4v) is 5.98. The third-order valence-electron chi connectivity index (χ3n) is 7.97. The largest absolute Gasteiger partial charge is 0.481 e. The highest BCUT2D eigenvalue weighted by Crippen LogP contribution is 2.37. The predicted molar refractivity (Wildman–Crippen MR) is 156 cm³/mol. The van der Waals surface area contributed by atoms with Crippen LogP contribution in [0, 0.1) is 11.2 Å². The molecular formula is C29H35ClFN7O5. The number of carboxylic acids is 1. The van der Waals surface area contributed by atoms with Crippen LogP contribution in [-0.2, 0) is 21.4 Å². The van der Waals surface area contributed by atoms with Crippen molar-refractivity contribution in [1.82, 2.24) is 29.6 Å². The molecule has 3 aliphatic rings. The Morgan fingerprint density at radius 2 is 2.02 bits per heavy atom. The zero-order valence-corrected chi connectivity index (χ0v) is 25.3. The Bertz CT molecular complexity index is 1510. The normalized spacial score (nSPS) is 21.1. The van der Waals surface area contributed by atoms with Crippen molar-refractivity contribution in [3.05, 3.63) is 64.1 Å². The molecule has 2 amide bonds. The van der Waals surface area contributed by atoms with E-state index in [0.29, 0.717) is 55.6 Å². The van der Waals surface area contributed by atoms with Crippen molar-refractivity contribution in [1.29, 1.82) is 0 Å². The Labute approximate surface area is 253 Å². The molecule has 2 saturated heterocycles. The number of aromatic nitrogens is 2. The SMILES string of the molecule is CCOC(=O)C1=C(CN2CCN3C(=O)N(CC(C)(C)C(=O)O)C[C@@H]3C2)NC(c2nccn2C)=NC1c1ccc(F)cc1Cl. The van der Waals surface area contributed by atoms with Crippen molar-refractivity contribution in [3.63, 3.8) is 0 Å². The van der Waals surface area contributed by atoms with Gasteiger partial charge in [-0.05, 0) is 32.9 Å². The van der Waals surface area contributed by atoms with Gasteiger partial charge in [0.25, 0.3) is 0 Å². The highest BCUT2D eigenvalue weighted by atomic mass is 35.5. The first-order chi connectivity index (χ1) is 20.4. The number of imidazole rings is 1. The molecule has 1 aromatic carbocycles. The van der Waals surface area contributed by atoms with Crippen molar-refractivity contribution in [3.8, 4) is 0 Å². The van der Waals surface area contributed by atoms with Gasteiger partial charge in [0.15, 0.2) is 11.7 Å². The number of amidine groups is 1. The molecule has 3 aliphatic heterocycles. The summed E-state index contributed by atoms with van der Waals surface area (Å²) in [5.74, 6) is -1.10. The molecule has 0 radical (unpaired) electrons. The first-order valence-corrected chi connectivity index (χ1v) is 14.5. The number of halogens is 2. The van der Waals surface area contributed by atoms with Crippen LogP contribution in [0.15, 0.2) is 46.9 Å². The van der Waals surface area contributed by atoms with Gasteiger partial charge in [-0.1, -0.05) is 17.7 Å². The number of hydrogen-bond acceptors (Lipinski definition) is 8. The number of carbonyl (C=O) groups is 3. The van der Waals surface area contributed by atoms with Gasteiger partial charge in [0.2, 0.25) is 0 Å². The maximum Gasteiger partial charge on any atom is 0.338 e. The van der Waals surface area contributed by atoms with Gasteiger partial charge >= 0.3 is 18.0 Å². The van der Waals surface area contributed by atoms with E-state index in [-0.39, 0.29) is 35.8 Å². The number of rotatable bonds is 9. The van der Waals surface area contributed by atoms with Crippen molar-refractivity contribution in [2.24, 2.45) is 17.5 Å². The minimum atomic E-state index is -1.08. The van der Waals surface area contributed by atoms with E-state index < -0.39 is 29.2 Å². The van der Waals surface area contributed by atoms with Crippen molar-refractivity contribution >= 4 is 35.4 Å². The molecular weight excluding hydrogens is 581 g/mol. The van der Waals surface area contributed by atoms with E-state index >= 15 is 0 Å². The number of piperazine rings is 1. The molecule has 2 aromatic rings. The maximum absolute atomic E-state index is 14.0. The highest BCUT2D eigenvalue weighted by molar-refractivity contribution is 6.31. The number of carbonyl (C=O) groups excluding carboxylic acids is 2. The van der Waals surface area contributed by atoms with Crippen LogP contribution in [0.1, 0.15) is 38.2 Å². The minimum Gasteiger partial charge on any atom is -0.481 e. The maximum atomic E-state index is 14.0. The topological polar surface area (TPSA) is 133 Å². The fourth-order valence-electron chi connectivity index (χ4n) is 5.71. The Hall–Kier alpha value is -3.97. The van der Waals surface area contributed by atoms with Crippen molar-refractivity contribution in [2.75, 3.05) is 45.9 Å². The Morgan fingerprint density at radius 1 is 1.26 bits per heavy atom. The van der Waals surface area contributed by atoms with Gasteiger partial charge in [-0.3, -0.25) is 14.7 Å². The first kappa shape index (κ1) is 30.5. The Kier molecular flexibility index (Phi) is 8.48. The molecule has 2 fully saturated rings. The number of nitrogens with zero attached hydrogens (tertiary/aromatic N) is 6. The summed E-state index contributed by atoms with van der Waals surface area (Å²) < 4.78 is 21.3. The molecule has 2 atom stereocenters. The Balaban J connectivity index is 1.47. The second kappa shape index (κ2) is 12.0. The average Bonchev–Trinajstić information content (AvgIpc) is 3.50. The number of aliphatic carboxylic acids is 1. The molecule has 14 heteroatoms. The second-order valence-electron chi connectivity index (χ2n) is 11.6. The molecule has 4 heterocycles. The Morgan fingerprint density at radius 3 is 2.67 bits per heavy atom. The van der Waals surface area contributed by atoms with Crippen LogP contribution in [0.3, 0.4) is 0 Å². The number of esters is 1. The number of aliphatic imine (C=N–C) groups is 1. The lowest BCUT2D eigenvalue weighted by atomic mass is 9.93. The number of urea groups is 1. The van der Waals surface area contributed by atoms with Gasteiger partial charge in [0.1, 0.15) is 11.9 Å². The molecule has 0 spiro atoms. The van der Waals surface area contributed by atoms with Crippen LogP contribution in [-0.4, -0.2) is 105 Å². The number of fused-ring (bicyclic) bond motifs is 1. The average molecular weight is 616 g/mol. The van der Waals surface area contributed by atoms with Crippen LogP contribution >= 0.6 is 11.6 Å². The van der Waals surface area contributed by atoms with Gasteiger partial charge in [-0.2, -0.15) is 0 Å². The number of aryl methyl sites for hydroxylation is 1. The van der Waals surface area contributed by atoms with Gasteiger partial charge in [-0.25, -0.2) is 19.0 Å². The van der Waals surface area contributed by atoms with E-state index in [0.717, 1.165) is 0 Å². The molecule has 1 unspecified atom stereocenters. The third kappa shape index (κ3) is 6.09. The predicted octanol–water partition coefficient (Wildman–Crippen LogP) is 2.65. The van der Waals surface area contributed by atoms with E-state index in [9.17, 15) is 23.9 Å². The first-order valence-electron chi connectivity index (χ1n) is 14.1. The third-order valence-corrected chi connectivity index (χ3v) is 8.30. The van der Waals surface area contributed by atoms with Gasteiger partial charge in [0.05, 0.1) is 23.6 Å². The summed E-state index contributed by atoms with van der Waals surface area (Å²) in [5.41, 5.74) is 0.161. The highest BCUT2D eigenvalue weighted by Gasteiger charge is 2.44. The molecule has 0 aliphatic carbocycles. The summed E-state index contributed by atoms with van der Waals surface area (Å²) in [6.45, 7) is 7.35. The number of amides is 2. The summed E-state index contributed by atoms with van der Waals surface area (Å²) in [6.07, 6.45) is 3.41. The van der Waals surface area contributed by atoms with E-state index in [1.54, 1.807) is 47.5 Å². The van der Waals surface area contributed by atoms with Crippen LogP contribution < -0.4 is 5.32 Å². The van der Waals surface area contributed by atoms with E-state index in [1.165, 1.54) is 18.2 Å². The summed E-state index contributed by atoms with van der Waals surface area (Å²) in [5, 5.41) is 13.0. The number of ether oxygens (including phenoxy) is 1. The van der Waals surface area contributed by atoms with Gasteiger partial charge in [0, 0.05) is 75.0 Å². The van der Waals surface area contributed by atoms with Crippen molar-refractivity contribution in [2.45, 2.75) is 32.9 Å². The summed E-state index contributed by atoms with van der Waals surface area (Å²) >= 11 is 6.49. The summed E-state index contributed by atoms with van der Waals surface area (Å²) in [7, 11) is 1.82. The van der Waals surface area contributed by atoms with Gasteiger partial charge < -0.3 is 29.5 Å². The van der Waals surface area contributed by atoms with Crippen LogP contribution in [0.25, 0.3) is 0 Å². The van der Waals surface area contributed by atoms with E-state index in [2.05, 4.69) is 15.2 Å². The molecule has 43 heavy (non-hydrogen) atoms. The van der Waals surface area contributed by atoms with E-state index in [1.807, 2.05) is 7.05 Å². The summed E-state index contributed by atoms with van der Waals surface area (Å²) in [4.78, 5) is 53.0. The molecule has 0 saturated carbocycles. The molecule has 12 nitrogen and oxygen atoms in total. The van der Waals surface area contributed by atoms with Crippen molar-refractivity contribution < 1.29 is 28.6 Å². The zero-order valence-electron chi connectivity index (χ0n) is 24.5. The molecule has 2 N–H and O–H groups in total. The number of carboxylic acid groups (broad SMARTS) is 1. The van der Waals surface area contributed by atoms with Gasteiger partial charge in [-0.15, -0.1) is 0 Å². The summed E-state index contributed by atoms with van der Waals surface area (Å²) in [6, 6.07) is 2.77. The number of nitrogens with one attached hydrogen (secondary N) is 1. The quantitative estimate of drug-likeness (QED) is 0.412. The monoisotopic (exact) mass is 615 g/mol. The second-order valence-corrected chi connectivity index (χ2v) is 12.0. The standard InChI is InChI=1S/C29H35ClFN7O5/c1-5-43-26(39)22-21(15-36-10-11-38-18(13-36)14-37(28(38)42)16-29(2,3)27(40)41)33-24(25-32-8-9-35(25)4)34-23(22)19-7-6-17(31)12-20(19)30/h6-9,12,18,23H,5,10-11,13-16H2,1-4H3,(H,33,34)(H,40,41)/t18-,23?/m0/s1. The minimum absolute atomic E-state index is 0.109. The molecule has 1 aromatic heterocycles. The fraction of sp³-hybridized carbons (Fsp3) is 0.483. The molecule has 0 bridgehead atoms. The lowest BCUT2D eigenvalue weighted by molar-refractivity contribution is -0.147. The zero-order chi connectivity index (χ0) is 31.1.